The van der Waals surface area contributed by atoms with E-state index in [1.165, 1.54) is 0 Å². The second-order valence-corrected chi connectivity index (χ2v) is 12.0. The minimum Gasteiger partial charge on any atom is -0.432 e. The van der Waals surface area contributed by atoms with Gasteiger partial charge < -0.3 is 14.1 Å². The summed E-state index contributed by atoms with van der Waals surface area (Å²) in [5, 5.41) is -0.0606. The van der Waals surface area contributed by atoms with Gasteiger partial charge in [-0.25, -0.2) is 4.98 Å². The molecule has 1 heterocycles. The van der Waals surface area contributed by atoms with Crippen LogP contribution in [0.5, 0.6) is 0 Å². The quantitative estimate of drug-likeness (QED) is 0.592. The number of nitrogens with zero attached hydrogens (tertiary/aromatic N) is 2. The number of aryl methyl sites for hydroxylation is 1. The molecule has 1 aromatic heterocycles. The molecule has 0 saturated carbocycles. The number of ether oxygens (including phenoxy) is 1. The number of benzene rings is 1. The van der Waals surface area contributed by atoms with Crippen molar-refractivity contribution in [3.05, 3.63) is 24.0 Å². The molecule has 6 heteroatoms. The summed E-state index contributed by atoms with van der Waals surface area (Å²) in [6, 6.07) is 5.84. The van der Waals surface area contributed by atoms with Crippen LogP contribution in [0.15, 0.2) is 18.2 Å². The summed E-state index contributed by atoms with van der Waals surface area (Å²) in [7, 11) is 3.74. The van der Waals surface area contributed by atoms with E-state index in [1.54, 1.807) is 0 Å². The zero-order valence-corrected chi connectivity index (χ0v) is 16.6. The maximum absolute atomic E-state index is 10.5. The molecule has 0 atom stereocenters. The molecule has 0 spiro atoms. The first-order valence-electron chi connectivity index (χ1n) is 8.70. The Morgan fingerprint density at radius 1 is 1.33 bits per heavy atom. The van der Waals surface area contributed by atoms with Crippen LogP contribution in [0.25, 0.3) is 11.0 Å². The maximum atomic E-state index is 10.5. The molecular weight excluding hydrogens is 315 g/mol. The summed E-state index contributed by atoms with van der Waals surface area (Å²) in [4.78, 5) is 15.3. The second-order valence-electron chi connectivity index (χ2n) is 7.57. The minimum atomic E-state index is -2.22. The third kappa shape index (κ3) is 4.29. The Kier molecular flexibility index (Phi) is 5.94. The van der Waals surface area contributed by atoms with Gasteiger partial charge in [-0.15, -0.1) is 0 Å². The van der Waals surface area contributed by atoms with E-state index in [9.17, 15) is 4.80 Å². The van der Waals surface area contributed by atoms with Crippen LogP contribution < -0.4 is 5.46 Å². The van der Waals surface area contributed by atoms with Crippen molar-refractivity contribution < 1.29 is 9.53 Å². The fourth-order valence-electron chi connectivity index (χ4n) is 2.66. The smallest absolute Gasteiger partial charge is 0.188 e. The molecule has 24 heavy (non-hydrogen) atoms. The number of aromatic nitrogens is 2. The maximum Gasteiger partial charge on any atom is 0.188 e. The lowest BCUT2D eigenvalue weighted by Gasteiger charge is -2.35. The average molecular weight is 344 g/mol. The molecular formula is C18H29BN2O2Si. The molecule has 0 fully saturated rings. The van der Waals surface area contributed by atoms with Crippen molar-refractivity contribution in [3.8, 4) is 0 Å². The number of hydrogen-bond donors (Lipinski definition) is 1. The molecule has 130 valence electrons. The van der Waals surface area contributed by atoms with Crippen molar-refractivity contribution in [3.63, 3.8) is 0 Å². The predicted molar refractivity (Wildman–Crippen MR) is 104 cm³/mol. The normalized spacial score (nSPS) is 12.9. The molecule has 1 aromatic carbocycles. The van der Waals surface area contributed by atoms with Crippen molar-refractivity contribution in [2.24, 2.45) is 0 Å². The van der Waals surface area contributed by atoms with E-state index in [2.05, 4.69) is 18.4 Å². The van der Waals surface area contributed by atoms with Gasteiger partial charge in [-0.05, 0) is 43.6 Å². The van der Waals surface area contributed by atoms with Crippen LogP contribution in [-0.4, -0.2) is 43.7 Å². The summed E-state index contributed by atoms with van der Waals surface area (Å²) < 4.78 is 7.74. The molecule has 0 aliphatic carbocycles. The van der Waals surface area contributed by atoms with E-state index in [1.807, 2.05) is 38.2 Å². The van der Waals surface area contributed by atoms with Crippen LogP contribution in [0.1, 0.15) is 33.0 Å². The standard InChI is InChI=1S/C18H29BN2O2Si/c1-6-23-12-11-21-16-13-14(19)7-8-15(16)20-17(21)9-10-18(2,3)24(4,5)22/h7-8,13,22H,6,9-12H2,1-5H3. The molecule has 2 radical (unpaired) electrons. The lowest BCUT2D eigenvalue weighted by Crippen LogP contribution is -2.39. The van der Waals surface area contributed by atoms with E-state index < -0.39 is 8.32 Å². The fraction of sp³-hybridized carbons (Fsp3) is 0.611. The van der Waals surface area contributed by atoms with Gasteiger partial charge in [0.15, 0.2) is 8.32 Å². The largest absolute Gasteiger partial charge is 0.432 e. The number of imidazole rings is 1. The Morgan fingerprint density at radius 3 is 2.67 bits per heavy atom. The topological polar surface area (TPSA) is 47.3 Å². The number of hydrogen-bond acceptors (Lipinski definition) is 3. The van der Waals surface area contributed by atoms with Crippen molar-refractivity contribution in [2.75, 3.05) is 13.2 Å². The minimum absolute atomic E-state index is 0.0606. The lowest BCUT2D eigenvalue weighted by atomic mass is 9.96. The van der Waals surface area contributed by atoms with Crippen LogP contribution in [-0.2, 0) is 17.7 Å². The highest BCUT2D eigenvalue weighted by atomic mass is 28.4. The highest BCUT2D eigenvalue weighted by Crippen LogP contribution is 2.39. The summed E-state index contributed by atoms with van der Waals surface area (Å²) in [6.45, 7) is 12.5. The molecule has 2 rings (SSSR count). The molecule has 0 unspecified atom stereocenters. The zero-order chi connectivity index (χ0) is 18.0. The van der Waals surface area contributed by atoms with Crippen molar-refractivity contribution in [1.29, 1.82) is 0 Å². The average Bonchev–Trinajstić information content (AvgIpc) is 2.82. The zero-order valence-electron chi connectivity index (χ0n) is 15.6. The summed E-state index contributed by atoms with van der Waals surface area (Å²) in [5.74, 6) is 1.04. The highest BCUT2D eigenvalue weighted by molar-refractivity contribution is 6.72. The summed E-state index contributed by atoms with van der Waals surface area (Å²) in [6.07, 6.45) is 1.75. The van der Waals surface area contributed by atoms with Crippen molar-refractivity contribution in [2.45, 2.75) is 58.3 Å². The Morgan fingerprint density at radius 2 is 2.04 bits per heavy atom. The number of rotatable bonds is 8. The van der Waals surface area contributed by atoms with Gasteiger partial charge in [-0.2, -0.15) is 0 Å². The Hall–Kier alpha value is -1.11. The van der Waals surface area contributed by atoms with Crippen LogP contribution in [0.2, 0.25) is 18.1 Å². The van der Waals surface area contributed by atoms with Gasteiger partial charge in [-0.3, -0.25) is 0 Å². The van der Waals surface area contributed by atoms with E-state index in [4.69, 9.17) is 17.6 Å². The first kappa shape index (κ1) is 19.2. The van der Waals surface area contributed by atoms with E-state index in [0.717, 1.165) is 41.7 Å². The summed E-state index contributed by atoms with van der Waals surface area (Å²) >= 11 is 0. The van der Waals surface area contributed by atoms with E-state index in [-0.39, 0.29) is 5.04 Å². The van der Waals surface area contributed by atoms with Gasteiger partial charge in [0.2, 0.25) is 0 Å². The monoisotopic (exact) mass is 344 g/mol. The highest BCUT2D eigenvalue weighted by Gasteiger charge is 2.37. The van der Waals surface area contributed by atoms with Gasteiger partial charge in [0, 0.05) is 19.6 Å². The first-order valence-corrected chi connectivity index (χ1v) is 11.6. The molecule has 0 aliphatic rings. The molecule has 2 aromatic rings. The van der Waals surface area contributed by atoms with Crippen molar-refractivity contribution in [1.82, 2.24) is 9.55 Å². The van der Waals surface area contributed by atoms with Gasteiger partial charge in [0.1, 0.15) is 13.7 Å². The second kappa shape index (κ2) is 7.42. The van der Waals surface area contributed by atoms with Gasteiger partial charge in [0.05, 0.1) is 17.6 Å². The SMILES string of the molecule is [B]c1ccc2nc(CCC(C)(C)[Si](C)(C)O)n(CCOCC)c2c1. The van der Waals surface area contributed by atoms with Crippen LogP contribution >= 0.6 is 0 Å². The van der Waals surface area contributed by atoms with Crippen molar-refractivity contribution >= 4 is 32.7 Å². The molecule has 0 amide bonds. The van der Waals surface area contributed by atoms with E-state index in [0.29, 0.717) is 13.2 Å². The van der Waals surface area contributed by atoms with E-state index >= 15 is 0 Å². The Bertz CT molecular complexity index is 692. The molecule has 0 saturated heterocycles. The first-order chi connectivity index (χ1) is 11.2. The van der Waals surface area contributed by atoms with Crippen LogP contribution in [0.3, 0.4) is 0 Å². The molecule has 1 N–H and O–H groups in total. The summed E-state index contributed by atoms with van der Waals surface area (Å²) in [5.41, 5.74) is 2.77. The molecule has 4 nitrogen and oxygen atoms in total. The third-order valence-corrected chi connectivity index (χ3v) is 8.71. The number of fused-ring (bicyclic) bond motifs is 1. The van der Waals surface area contributed by atoms with Crippen LogP contribution in [0, 0.1) is 0 Å². The van der Waals surface area contributed by atoms with Crippen LogP contribution in [0.4, 0.5) is 0 Å². The van der Waals surface area contributed by atoms with Gasteiger partial charge in [0.25, 0.3) is 0 Å². The predicted octanol–water partition coefficient (Wildman–Crippen LogP) is 2.78. The lowest BCUT2D eigenvalue weighted by molar-refractivity contribution is 0.139. The Labute approximate surface area is 147 Å². The Balaban J connectivity index is 2.29. The molecule has 0 bridgehead atoms. The molecule has 0 aliphatic heterocycles. The third-order valence-electron chi connectivity index (χ3n) is 5.14. The van der Waals surface area contributed by atoms with Gasteiger partial charge >= 0.3 is 0 Å². The fourth-order valence-corrected chi connectivity index (χ4v) is 3.40. The van der Waals surface area contributed by atoms with Gasteiger partial charge in [-0.1, -0.05) is 25.4 Å².